The van der Waals surface area contributed by atoms with Crippen LogP contribution in [-0.4, -0.2) is 29.2 Å². The number of anilines is 1. The zero-order chi connectivity index (χ0) is 18.8. The molecule has 0 spiro atoms. The van der Waals surface area contributed by atoms with Gasteiger partial charge >= 0.3 is 0 Å². The zero-order valence-corrected chi connectivity index (χ0v) is 15.0. The second-order valence-electron chi connectivity index (χ2n) is 5.91. The number of nitrogen functional groups attached to an aromatic ring is 1. The van der Waals surface area contributed by atoms with Gasteiger partial charge in [0.05, 0.1) is 25.3 Å². The van der Waals surface area contributed by atoms with Crippen molar-refractivity contribution in [3.05, 3.63) is 60.9 Å². The number of aromatic nitrogens is 3. The maximum Gasteiger partial charge on any atom is 0.165 e. The van der Waals surface area contributed by atoms with Crippen molar-refractivity contribution in [3.8, 4) is 33.9 Å². The highest BCUT2D eigenvalue weighted by atomic mass is 16.5. The molecule has 2 N–H and O–H groups in total. The molecular weight excluding hydrogens is 340 g/mol. The number of fused-ring (bicyclic) bond motifs is 1. The fourth-order valence-corrected chi connectivity index (χ4v) is 3.16. The molecule has 0 saturated heterocycles. The molecule has 2 aromatic heterocycles. The van der Waals surface area contributed by atoms with Gasteiger partial charge in [0.2, 0.25) is 0 Å². The Bertz CT molecular complexity index is 1130. The summed E-state index contributed by atoms with van der Waals surface area (Å²) in [5, 5.41) is 0.695. The van der Waals surface area contributed by atoms with Crippen molar-refractivity contribution in [3.63, 3.8) is 0 Å². The van der Waals surface area contributed by atoms with Crippen molar-refractivity contribution in [2.24, 2.45) is 0 Å². The maximum absolute atomic E-state index is 6.17. The number of hydrogen-bond donors (Lipinski definition) is 1. The SMILES string of the molecule is COc1ccccc1-c1cc(-c2ccccc2OC)c2c(N)ncnc2n1. The first kappa shape index (κ1) is 16.8. The summed E-state index contributed by atoms with van der Waals surface area (Å²) in [5.74, 6) is 1.84. The Labute approximate surface area is 156 Å². The van der Waals surface area contributed by atoms with Gasteiger partial charge in [0.25, 0.3) is 0 Å². The highest BCUT2D eigenvalue weighted by molar-refractivity contribution is 6.02. The van der Waals surface area contributed by atoms with E-state index in [0.29, 0.717) is 16.9 Å². The van der Waals surface area contributed by atoms with Gasteiger partial charge in [0.15, 0.2) is 5.65 Å². The number of pyridine rings is 1. The number of hydrogen-bond acceptors (Lipinski definition) is 6. The van der Waals surface area contributed by atoms with Gasteiger partial charge < -0.3 is 15.2 Å². The van der Waals surface area contributed by atoms with Gasteiger partial charge in [-0.2, -0.15) is 0 Å². The number of rotatable bonds is 4. The van der Waals surface area contributed by atoms with Crippen LogP contribution in [0.2, 0.25) is 0 Å². The number of nitrogens with two attached hydrogens (primary N) is 1. The van der Waals surface area contributed by atoms with E-state index in [4.69, 9.17) is 20.2 Å². The van der Waals surface area contributed by atoms with Crippen LogP contribution in [0.15, 0.2) is 60.9 Å². The van der Waals surface area contributed by atoms with E-state index in [9.17, 15) is 0 Å². The van der Waals surface area contributed by atoms with Gasteiger partial charge in [0.1, 0.15) is 23.6 Å². The van der Waals surface area contributed by atoms with Gasteiger partial charge in [-0.3, -0.25) is 0 Å². The molecule has 0 atom stereocenters. The Kier molecular flexibility index (Phi) is 4.30. The fourth-order valence-electron chi connectivity index (χ4n) is 3.16. The lowest BCUT2D eigenvalue weighted by atomic mass is 9.98. The minimum Gasteiger partial charge on any atom is -0.496 e. The minimum atomic E-state index is 0.375. The largest absolute Gasteiger partial charge is 0.496 e. The third-order valence-electron chi connectivity index (χ3n) is 4.41. The molecule has 0 fully saturated rings. The van der Waals surface area contributed by atoms with Gasteiger partial charge in [-0.15, -0.1) is 0 Å². The molecule has 6 nitrogen and oxygen atoms in total. The maximum atomic E-state index is 6.17. The number of nitrogens with zero attached hydrogens (tertiary/aromatic N) is 3. The van der Waals surface area contributed by atoms with E-state index in [0.717, 1.165) is 33.9 Å². The number of benzene rings is 2. The molecule has 0 radical (unpaired) electrons. The normalized spacial score (nSPS) is 10.7. The molecule has 0 unspecified atom stereocenters. The van der Waals surface area contributed by atoms with Crippen LogP contribution < -0.4 is 15.2 Å². The molecular formula is C21H18N4O2. The molecule has 0 aliphatic heterocycles. The quantitative estimate of drug-likeness (QED) is 0.594. The van der Waals surface area contributed by atoms with Crippen molar-refractivity contribution in [2.45, 2.75) is 0 Å². The minimum absolute atomic E-state index is 0.375. The molecule has 2 aromatic carbocycles. The lowest BCUT2D eigenvalue weighted by molar-refractivity contribution is 0.416. The average Bonchev–Trinajstić information content (AvgIpc) is 2.73. The summed E-state index contributed by atoms with van der Waals surface area (Å²) in [6.45, 7) is 0. The molecule has 0 aliphatic rings. The van der Waals surface area contributed by atoms with Gasteiger partial charge in [-0.25, -0.2) is 15.0 Å². The van der Waals surface area contributed by atoms with E-state index in [1.54, 1.807) is 14.2 Å². The molecule has 0 bridgehead atoms. The summed E-state index contributed by atoms with van der Waals surface area (Å²) in [6.07, 6.45) is 1.42. The molecule has 27 heavy (non-hydrogen) atoms. The molecule has 0 saturated carbocycles. The monoisotopic (exact) mass is 358 g/mol. The van der Waals surface area contributed by atoms with Crippen LogP contribution in [0.4, 0.5) is 5.82 Å². The highest BCUT2D eigenvalue weighted by Gasteiger charge is 2.17. The second-order valence-corrected chi connectivity index (χ2v) is 5.91. The Morgan fingerprint density at radius 2 is 1.41 bits per heavy atom. The standard InChI is InChI=1S/C21H18N4O2/c1-26-17-9-5-3-7-13(17)15-11-16(14-8-4-6-10-18(14)27-2)25-21-19(15)20(22)23-12-24-21/h3-12H,1-2H3,(H2,22,23,24,25). The van der Waals surface area contributed by atoms with Gasteiger partial charge in [-0.1, -0.05) is 30.3 Å². The van der Waals surface area contributed by atoms with Crippen LogP contribution >= 0.6 is 0 Å². The van der Waals surface area contributed by atoms with Gasteiger partial charge in [0, 0.05) is 16.7 Å². The molecule has 134 valence electrons. The second kappa shape index (κ2) is 6.92. The molecule has 2 heterocycles. The third-order valence-corrected chi connectivity index (χ3v) is 4.41. The zero-order valence-electron chi connectivity index (χ0n) is 15.0. The van der Waals surface area contributed by atoms with Crippen LogP contribution in [-0.2, 0) is 0 Å². The Morgan fingerprint density at radius 3 is 2.11 bits per heavy atom. The van der Waals surface area contributed by atoms with E-state index in [-0.39, 0.29) is 0 Å². The predicted octanol–water partition coefficient (Wildman–Crippen LogP) is 3.96. The van der Waals surface area contributed by atoms with Crippen LogP contribution in [0.5, 0.6) is 11.5 Å². The summed E-state index contributed by atoms with van der Waals surface area (Å²) in [7, 11) is 3.28. The van der Waals surface area contributed by atoms with Crippen LogP contribution in [0.3, 0.4) is 0 Å². The Balaban J connectivity index is 2.08. The molecule has 6 heteroatoms. The first-order valence-electron chi connectivity index (χ1n) is 8.41. The smallest absolute Gasteiger partial charge is 0.165 e. The lowest BCUT2D eigenvalue weighted by Crippen LogP contribution is -2.00. The number of methoxy groups -OCH3 is 2. The van der Waals surface area contributed by atoms with Crippen molar-refractivity contribution in [1.29, 1.82) is 0 Å². The highest BCUT2D eigenvalue weighted by Crippen LogP contribution is 2.39. The summed E-state index contributed by atoms with van der Waals surface area (Å²) in [5.41, 5.74) is 10.1. The van der Waals surface area contributed by atoms with Crippen molar-refractivity contribution in [2.75, 3.05) is 20.0 Å². The fraction of sp³-hybridized carbons (Fsp3) is 0.0952. The Morgan fingerprint density at radius 1 is 0.778 bits per heavy atom. The first-order chi connectivity index (χ1) is 13.2. The van der Waals surface area contributed by atoms with Crippen LogP contribution in [0.25, 0.3) is 33.4 Å². The van der Waals surface area contributed by atoms with E-state index in [1.807, 2.05) is 54.6 Å². The third kappa shape index (κ3) is 2.91. The summed E-state index contributed by atoms with van der Waals surface area (Å²) >= 11 is 0. The topological polar surface area (TPSA) is 83.2 Å². The summed E-state index contributed by atoms with van der Waals surface area (Å²) in [4.78, 5) is 13.2. The van der Waals surface area contributed by atoms with Crippen LogP contribution in [0.1, 0.15) is 0 Å². The number of ether oxygens (including phenoxy) is 2. The summed E-state index contributed by atoms with van der Waals surface area (Å²) < 4.78 is 11.1. The predicted molar refractivity (Wildman–Crippen MR) is 106 cm³/mol. The lowest BCUT2D eigenvalue weighted by Gasteiger charge is -2.14. The molecule has 0 aliphatic carbocycles. The molecule has 0 amide bonds. The van der Waals surface area contributed by atoms with Gasteiger partial charge in [-0.05, 0) is 24.3 Å². The number of para-hydroxylation sites is 2. The van der Waals surface area contributed by atoms with E-state index >= 15 is 0 Å². The summed E-state index contributed by atoms with van der Waals surface area (Å²) in [6, 6.07) is 17.5. The van der Waals surface area contributed by atoms with E-state index in [1.165, 1.54) is 6.33 Å². The first-order valence-corrected chi connectivity index (χ1v) is 8.41. The van der Waals surface area contributed by atoms with Crippen molar-refractivity contribution >= 4 is 16.9 Å². The van der Waals surface area contributed by atoms with Crippen molar-refractivity contribution < 1.29 is 9.47 Å². The van der Waals surface area contributed by atoms with E-state index < -0.39 is 0 Å². The van der Waals surface area contributed by atoms with Crippen LogP contribution in [0, 0.1) is 0 Å². The average molecular weight is 358 g/mol. The Hall–Kier alpha value is -3.67. The molecule has 4 aromatic rings. The van der Waals surface area contributed by atoms with E-state index in [2.05, 4.69) is 9.97 Å². The molecule has 4 rings (SSSR count). The van der Waals surface area contributed by atoms with Crippen molar-refractivity contribution in [1.82, 2.24) is 15.0 Å².